The molecule has 6 heteroatoms. The molecule has 0 saturated heterocycles. The Hall–Kier alpha value is 1.33. The van der Waals surface area contributed by atoms with Crippen LogP contribution in [0, 0.1) is 31.4 Å². The summed E-state index contributed by atoms with van der Waals surface area (Å²) < 4.78 is 9.36. The van der Waals surface area contributed by atoms with Gasteiger partial charge in [0.2, 0.25) is 0 Å². The number of carbonyl (C=O) groups is 1. The van der Waals surface area contributed by atoms with Crippen LogP contribution in [0.15, 0.2) is 41.4 Å². The number of hydrogen-bond acceptors (Lipinski definition) is 4. The Bertz CT molecular complexity index is 560. The molecule has 178 valence electrons. The number of nitrogens with zero attached hydrogens (tertiary/aromatic N) is 1. The van der Waals surface area contributed by atoms with E-state index in [1.807, 2.05) is 25.3 Å². The van der Waals surface area contributed by atoms with Crippen molar-refractivity contribution in [2.24, 2.45) is 10.4 Å². The number of hydrogen-bond donors (Lipinski definition) is 0. The van der Waals surface area contributed by atoms with Crippen molar-refractivity contribution in [1.29, 1.82) is 0 Å². The van der Waals surface area contributed by atoms with Crippen molar-refractivity contribution < 1.29 is 117 Å². The van der Waals surface area contributed by atoms with E-state index in [9.17, 15) is 4.79 Å². The zero-order valence-electron chi connectivity index (χ0n) is 22.4. The van der Waals surface area contributed by atoms with Crippen LogP contribution in [0.4, 0.5) is 0 Å². The van der Waals surface area contributed by atoms with Gasteiger partial charge in [-0.3, -0.25) is 16.9 Å². The van der Waals surface area contributed by atoms with Gasteiger partial charge in [0.05, 0.1) is 6.61 Å². The summed E-state index contributed by atoms with van der Waals surface area (Å²) in [6, 6.07) is 0. The van der Waals surface area contributed by atoms with E-state index in [0.29, 0.717) is 18.6 Å². The van der Waals surface area contributed by atoms with Crippen LogP contribution >= 0.6 is 0 Å². The normalized spacial score (nSPS) is 17.0. The van der Waals surface area contributed by atoms with Crippen molar-refractivity contribution in [3.63, 3.8) is 0 Å². The van der Waals surface area contributed by atoms with Crippen LogP contribution < -0.4 is 103 Å². The zero-order chi connectivity index (χ0) is 23.8. The SMILES string of the molecule is CN=C1C=[C-]CC(C)(C)C1.[C-]1=CCC=CC/C=C\1.[CH2-]CC(=O)OCC.[CH2-]COCCC.[K+].[K+]. The van der Waals surface area contributed by atoms with Crippen molar-refractivity contribution in [2.75, 3.05) is 26.9 Å². The summed E-state index contributed by atoms with van der Waals surface area (Å²) in [5.74, 6) is -0.234. The van der Waals surface area contributed by atoms with Crippen LogP contribution in [0.1, 0.15) is 66.2 Å². The Morgan fingerprint density at radius 1 is 1.15 bits per heavy atom. The predicted molar refractivity (Wildman–Crippen MR) is 133 cm³/mol. The number of esters is 1. The maximum absolute atomic E-state index is 10.1. The number of rotatable bonds is 5. The molecule has 2 rings (SSSR count). The first-order valence-corrected chi connectivity index (χ1v) is 11.1. The Balaban J connectivity index is -0.000000170. The Morgan fingerprint density at radius 3 is 2.24 bits per heavy atom. The molecular formula is C27H43K2NO3-2. The first-order chi connectivity index (χ1) is 14.9. The van der Waals surface area contributed by atoms with Gasteiger partial charge in [-0.2, -0.15) is 6.08 Å². The van der Waals surface area contributed by atoms with E-state index in [0.717, 1.165) is 38.7 Å². The van der Waals surface area contributed by atoms with Gasteiger partial charge in [-0.15, -0.1) is 18.2 Å². The van der Waals surface area contributed by atoms with Crippen LogP contribution in [0.25, 0.3) is 0 Å². The van der Waals surface area contributed by atoms with Crippen LogP contribution in [0.3, 0.4) is 0 Å². The summed E-state index contributed by atoms with van der Waals surface area (Å²) in [6.45, 7) is 17.1. The van der Waals surface area contributed by atoms with E-state index in [1.54, 1.807) is 6.92 Å². The van der Waals surface area contributed by atoms with Gasteiger partial charge in [-0.25, -0.2) is 18.2 Å². The van der Waals surface area contributed by atoms with Gasteiger partial charge in [0.15, 0.2) is 0 Å². The smallest absolute Gasteiger partial charge is 0.468 e. The van der Waals surface area contributed by atoms with Gasteiger partial charge in [-0.1, -0.05) is 58.1 Å². The van der Waals surface area contributed by atoms with Gasteiger partial charge < -0.3 is 28.3 Å². The molecular weight excluding hydrogens is 464 g/mol. The van der Waals surface area contributed by atoms with Crippen molar-refractivity contribution in [2.45, 2.75) is 66.2 Å². The van der Waals surface area contributed by atoms with Gasteiger partial charge in [-0.05, 0) is 19.8 Å². The Kier molecular flexibility index (Phi) is 39.4. The predicted octanol–water partition coefficient (Wildman–Crippen LogP) is 0.517. The molecule has 4 nitrogen and oxygen atoms in total. The quantitative estimate of drug-likeness (QED) is 0.179. The molecule has 0 bridgehead atoms. The third-order valence-corrected chi connectivity index (χ3v) is 3.82. The zero-order valence-corrected chi connectivity index (χ0v) is 28.7. The topological polar surface area (TPSA) is 47.9 Å². The summed E-state index contributed by atoms with van der Waals surface area (Å²) in [5.41, 5.74) is 1.56. The van der Waals surface area contributed by atoms with Crippen LogP contribution in [0.5, 0.6) is 0 Å². The third-order valence-electron chi connectivity index (χ3n) is 3.82. The maximum atomic E-state index is 10.1. The first kappa shape index (κ1) is 41.5. The molecule has 0 atom stereocenters. The molecule has 2 aliphatic rings. The fourth-order valence-electron chi connectivity index (χ4n) is 2.28. The summed E-state index contributed by atoms with van der Waals surface area (Å²) in [7, 11) is 1.84. The van der Waals surface area contributed by atoms with Crippen molar-refractivity contribution >= 4 is 11.7 Å². The summed E-state index contributed by atoms with van der Waals surface area (Å²) in [6.07, 6.45) is 24.2. The number of carbonyl (C=O) groups excluding carboxylic acids is 1. The van der Waals surface area contributed by atoms with Crippen molar-refractivity contribution in [3.05, 3.63) is 62.5 Å². The van der Waals surface area contributed by atoms with E-state index >= 15 is 0 Å². The van der Waals surface area contributed by atoms with Gasteiger partial charge >= 0.3 is 103 Å². The van der Waals surface area contributed by atoms with Gasteiger partial charge in [0.1, 0.15) is 0 Å². The number of aliphatic imine (C=N–C) groups is 1. The molecule has 0 N–H and O–H groups in total. The molecule has 2 aliphatic carbocycles. The van der Waals surface area contributed by atoms with E-state index in [4.69, 9.17) is 4.74 Å². The monoisotopic (exact) mass is 507 g/mol. The molecule has 0 unspecified atom stereocenters. The number of ether oxygens (including phenoxy) is 2. The second kappa shape index (κ2) is 31.4. The van der Waals surface area contributed by atoms with Crippen LogP contribution in [-0.2, 0) is 14.3 Å². The molecule has 33 heavy (non-hydrogen) atoms. The maximum Gasteiger partial charge on any atom is 1.00 e. The van der Waals surface area contributed by atoms with Crippen molar-refractivity contribution in [3.8, 4) is 0 Å². The second-order valence-corrected chi connectivity index (χ2v) is 7.46. The third kappa shape index (κ3) is 33.3. The molecule has 0 radical (unpaired) electrons. The van der Waals surface area contributed by atoms with E-state index in [1.165, 1.54) is 5.71 Å². The van der Waals surface area contributed by atoms with E-state index in [2.05, 4.69) is 74.7 Å². The van der Waals surface area contributed by atoms with Crippen LogP contribution in [0.2, 0.25) is 0 Å². The minimum atomic E-state index is -0.234. The van der Waals surface area contributed by atoms with Gasteiger partial charge in [0, 0.05) is 13.7 Å². The Morgan fingerprint density at radius 2 is 1.82 bits per heavy atom. The molecule has 0 heterocycles. The van der Waals surface area contributed by atoms with E-state index in [-0.39, 0.29) is 115 Å². The Labute approximate surface area is 290 Å². The van der Waals surface area contributed by atoms with Crippen molar-refractivity contribution in [1.82, 2.24) is 0 Å². The standard InChI is InChI=1S/C9H14N.C8H9.C5H9O2.C5H11O.2K/c1-9(2)6-4-5-8(7-9)10-3;1-2-4-6-8-7-5-3-1;1-3-5(6)7-4-2;1-3-5-6-4-2;;/h5H,6-7H2,1-3H3;1-2,5-7H,3-4H2;1,3-4H2,2H3;2-5H2,1H3;;/q4*-1;2*+1/b;2-1?,7-5-;;;;. The van der Waals surface area contributed by atoms with Gasteiger partial charge in [0.25, 0.3) is 5.97 Å². The average molecular weight is 508 g/mol. The minimum absolute atomic E-state index is 0. The fraction of sp³-hybridized carbons (Fsp3) is 0.556. The summed E-state index contributed by atoms with van der Waals surface area (Å²) in [5, 5.41) is 0. The minimum Gasteiger partial charge on any atom is -0.468 e. The van der Waals surface area contributed by atoms with Crippen LogP contribution in [-0.4, -0.2) is 38.5 Å². The molecule has 0 aliphatic heterocycles. The molecule has 0 aromatic heterocycles. The largest absolute Gasteiger partial charge is 1.00 e. The van der Waals surface area contributed by atoms with E-state index < -0.39 is 0 Å². The first-order valence-electron chi connectivity index (χ1n) is 11.1. The molecule has 0 aromatic rings. The fourth-order valence-corrected chi connectivity index (χ4v) is 2.28. The second-order valence-electron chi connectivity index (χ2n) is 7.46. The molecule has 0 aromatic carbocycles. The summed E-state index contributed by atoms with van der Waals surface area (Å²) >= 11 is 0. The number of allylic oxidation sites excluding steroid dienone is 8. The molecule has 0 fully saturated rings. The average Bonchev–Trinajstić information content (AvgIpc) is 2.72. The summed E-state index contributed by atoms with van der Waals surface area (Å²) in [4.78, 5) is 14.3. The molecule has 0 saturated carbocycles. The molecule has 0 amide bonds. The molecule has 0 spiro atoms.